The maximum atomic E-state index is 15.1. The van der Waals surface area contributed by atoms with Crippen molar-refractivity contribution in [3.05, 3.63) is 52.7 Å². The van der Waals surface area contributed by atoms with Crippen molar-refractivity contribution in [1.29, 1.82) is 5.26 Å². The molecule has 3 N–H and O–H groups in total. The van der Waals surface area contributed by atoms with Crippen LogP contribution in [0.1, 0.15) is 54.5 Å². The third kappa shape index (κ3) is 3.36. The topological polar surface area (TPSA) is 146 Å². The molecule has 2 unspecified atom stereocenters. The first-order valence-corrected chi connectivity index (χ1v) is 11.9. The fraction of sp³-hybridized carbons (Fsp3) is 0.409. The summed E-state index contributed by atoms with van der Waals surface area (Å²) in [6.07, 6.45) is 1.76. The Morgan fingerprint density at radius 3 is 2.76 bits per heavy atom. The number of nitrogens with two attached hydrogens (primary N) is 1. The lowest BCUT2D eigenvalue weighted by Crippen LogP contribution is -2.58. The number of nitrogens with zero attached hydrogens (tertiary/aromatic N) is 5. The van der Waals surface area contributed by atoms with Crippen molar-refractivity contribution >= 4 is 27.3 Å². The van der Waals surface area contributed by atoms with Gasteiger partial charge in [0.25, 0.3) is 5.91 Å². The van der Waals surface area contributed by atoms with Crippen LogP contribution in [0.2, 0.25) is 0 Å². The maximum absolute atomic E-state index is 15.1. The van der Waals surface area contributed by atoms with E-state index in [9.17, 15) is 9.00 Å². The number of aromatic nitrogens is 2. The number of halogens is 1. The number of pyridine rings is 2. The maximum Gasteiger partial charge on any atom is 0.275 e. The Labute approximate surface area is 191 Å². The van der Waals surface area contributed by atoms with E-state index in [0.29, 0.717) is 24.1 Å². The van der Waals surface area contributed by atoms with Gasteiger partial charge in [0.05, 0.1) is 20.5 Å². The smallest absolute Gasteiger partial charge is 0.275 e. The Kier molecular flexibility index (Phi) is 5.24. The van der Waals surface area contributed by atoms with E-state index in [-0.39, 0.29) is 23.0 Å². The zero-order valence-corrected chi connectivity index (χ0v) is 19.5. The van der Waals surface area contributed by atoms with Crippen LogP contribution >= 0.6 is 0 Å². The first kappa shape index (κ1) is 22.8. The third-order valence-electron chi connectivity index (χ3n) is 6.38. The molecule has 2 aromatic rings. The predicted molar refractivity (Wildman–Crippen MR) is 123 cm³/mol. The van der Waals surface area contributed by atoms with Crippen molar-refractivity contribution in [2.24, 2.45) is 15.1 Å². The summed E-state index contributed by atoms with van der Waals surface area (Å²) < 4.78 is 32.4. The molecule has 0 aromatic carbocycles. The SMILES string of the molecule is Cc1cc(C#N)cnc1C(=O)Nc1ccc(F)c([C@@]2(C)N=C(N)C(C)(C)S3(=O)=NCCC23)n1. The molecule has 2 aliphatic heterocycles. The number of hydrogen-bond donors (Lipinski definition) is 2. The molecule has 0 saturated carbocycles. The summed E-state index contributed by atoms with van der Waals surface area (Å²) in [5, 5.41) is 11.0. The highest BCUT2D eigenvalue weighted by molar-refractivity contribution is 7.96. The second-order valence-corrected chi connectivity index (χ2v) is 11.8. The molecule has 2 aliphatic rings. The van der Waals surface area contributed by atoms with E-state index in [1.807, 2.05) is 6.07 Å². The highest BCUT2D eigenvalue weighted by atomic mass is 32.2. The summed E-state index contributed by atoms with van der Waals surface area (Å²) >= 11 is 0. The summed E-state index contributed by atoms with van der Waals surface area (Å²) in [4.78, 5) is 25.7. The number of hydrogen-bond acceptors (Lipinski definition) is 8. The Balaban J connectivity index is 1.75. The van der Waals surface area contributed by atoms with E-state index in [4.69, 9.17) is 11.0 Å². The van der Waals surface area contributed by atoms with Gasteiger partial charge in [0.1, 0.15) is 45.2 Å². The largest absolute Gasteiger partial charge is 0.386 e. The second kappa shape index (κ2) is 7.59. The average Bonchev–Trinajstić information content (AvgIpc) is 3.18. The van der Waals surface area contributed by atoms with Crippen LogP contribution in [0, 0.1) is 24.1 Å². The number of amidine groups is 1. The zero-order valence-electron chi connectivity index (χ0n) is 18.7. The van der Waals surface area contributed by atoms with Crippen LogP contribution in [0.25, 0.3) is 0 Å². The normalized spacial score (nSPS) is 27.6. The summed E-state index contributed by atoms with van der Waals surface area (Å²) in [7, 11) is -2.85. The van der Waals surface area contributed by atoms with Gasteiger partial charge in [-0.25, -0.2) is 22.9 Å². The molecule has 0 bridgehead atoms. The van der Waals surface area contributed by atoms with Crippen molar-refractivity contribution in [2.45, 2.75) is 49.7 Å². The Morgan fingerprint density at radius 1 is 1.36 bits per heavy atom. The molecule has 33 heavy (non-hydrogen) atoms. The molecule has 3 atom stereocenters. The second-order valence-electron chi connectivity index (χ2n) is 8.84. The molecule has 0 fully saturated rings. The summed E-state index contributed by atoms with van der Waals surface area (Å²) in [5.74, 6) is -0.985. The van der Waals surface area contributed by atoms with Crippen LogP contribution in [0.15, 0.2) is 33.8 Å². The molecule has 0 saturated heterocycles. The lowest BCUT2D eigenvalue weighted by Gasteiger charge is -2.44. The van der Waals surface area contributed by atoms with Crippen LogP contribution in [0.3, 0.4) is 0 Å². The van der Waals surface area contributed by atoms with E-state index in [1.165, 1.54) is 18.3 Å². The molecule has 0 spiro atoms. The summed E-state index contributed by atoms with van der Waals surface area (Å²) in [6.45, 7) is 7.16. The molecule has 9 nitrogen and oxygen atoms in total. The van der Waals surface area contributed by atoms with E-state index in [1.54, 1.807) is 33.8 Å². The fourth-order valence-corrected chi connectivity index (χ4v) is 7.54. The van der Waals surface area contributed by atoms with Crippen molar-refractivity contribution in [3.8, 4) is 6.07 Å². The van der Waals surface area contributed by atoms with Crippen LogP contribution < -0.4 is 11.1 Å². The van der Waals surface area contributed by atoms with Gasteiger partial charge in [-0.2, -0.15) is 5.26 Å². The molecular formula is C22H24FN7O2S. The first-order valence-electron chi connectivity index (χ1n) is 10.4. The van der Waals surface area contributed by atoms with Gasteiger partial charge in [0.15, 0.2) is 0 Å². The van der Waals surface area contributed by atoms with Crippen LogP contribution in [0.4, 0.5) is 10.2 Å². The van der Waals surface area contributed by atoms with Crippen LogP contribution in [0.5, 0.6) is 0 Å². The van der Waals surface area contributed by atoms with Crippen LogP contribution in [-0.4, -0.2) is 42.5 Å². The molecule has 11 heteroatoms. The van der Waals surface area contributed by atoms with E-state index >= 15 is 4.39 Å². The molecule has 0 aliphatic carbocycles. The number of nitriles is 1. The number of anilines is 1. The number of carbonyl (C=O) groups excluding carboxylic acids is 1. The summed E-state index contributed by atoms with van der Waals surface area (Å²) in [5.41, 5.74) is 5.80. The van der Waals surface area contributed by atoms with Gasteiger partial charge in [0, 0.05) is 12.7 Å². The lowest BCUT2D eigenvalue weighted by molar-refractivity contribution is 0.102. The highest BCUT2D eigenvalue weighted by Crippen LogP contribution is 2.47. The number of rotatable bonds is 3. The van der Waals surface area contributed by atoms with Crippen molar-refractivity contribution in [2.75, 3.05) is 11.9 Å². The van der Waals surface area contributed by atoms with Crippen LogP contribution in [-0.2, 0) is 15.3 Å². The standard InChI is InChI=1S/C22H24FN7O2S/c1-12-9-13(10-24)11-26-17(12)19(31)29-16-6-5-14(23)18(28-16)22(4)15-7-8-27-33(15,32)21(2,3)20(25)30-22/h5-6,9,11,15H,7-8H2,1-4H3,(H2,25,30)(H,28,29,31)/t15?,22-,33?/m0/s1. The minimum absolute atomic E-state index is 0.0573. The number of carbonyl (C=O) groups is 1. The Hall–Kier alpha value is -3.39. The van der Waals surface area contributed by atoms with E-state index in [2.05, 4.69) is 24.6 Å². The lowest BCUT2D eigenvalue weighted by atomic mass is 9.89. The minimum Gasteiger partial charge on any atom is -0.386 e. The van der Waals surface area contributed by atoms with Gasteiger partial charge in [0.2, 0.25) is 0 Å². The molecule has 2 aromatic heterocycles. The van der Waals surface area contributed by atoms with Crippen molar-refractivity contribution in [3.63, 3.8) is 0 Å². The van der Waals surface area contributed by atoms with Gasteiger partial charge in [-0.15, -0.1) is 0 Å². The molecule has 0 radical (unpaired) electrons. The Bertz CT molecular complexity index is 1370. The number of aliphatic imine (C=N–C) groups is 1. The number of amides is 1. The average molecular weight is 470 g/mol. The zero-order chi connectivity index (χ0) is 24.2. The number of fused-ring (bicyclic) bond motifs is 1. The van der Waals surface area contributed by atoms with Crippen molar-refractivity contribution < 1.29 is 13.4 Å². The molecule has 4 rings (SSSR count). The minimum atomic E-state index is -2.85. The third-order valence-corrected chi connectivity index (χ3v) is 10.1. The van der Waals surface area contributed by atoms with Gasteiger partial charge >= 0.3 is 0 Å². The molecular weight excluding hydrogens is 445 g/mol. The quantitative estimate of drug-likeness (QED) is 0.706. The Morgan fingerprint density at radius 2 is 2.09 bits per heavy atom. The first-order chi connectivity index (χ1) is 15.4. The van der Waals surface area contributed by atoms with Crippen molar-refractivity contribution in [1.82, 2.24) is 9.97 Å². The van der Waals surface area contributed by atoms with E-state index in [0.717, 1.165) is 0 Å². The molecule has 1 amide bonds. The van der Waals surface area contributed by atoms with Gasteiger partial charge in [-0.1, -0.05) is 0 Å². The predicted octanol–water partition coefficient (Wildman–Crippen LogP) is 2.65. The molecule has 172 valence electrons. The number of nitrogens with one attached hydrogen (secondary N) is 1. The molecule has 4 heterocycles. The fourth-order valence-electron chi connectivity index (χ4n) is 4.39. The van der Waals surface area contributed by atoms with Gasteiger partial charge in [-0.05, 0) is 57.9 Å². The van der Waals surface area contributed by atoms with Gasteiger partial charge < -0.3 is 11.1 Å². The highest BCUT2D eigenvalue weighted by Gasteiger charge is 2.57. The van der Waals surface area contributed by atoms with Gasteiger partial charge in [-0.3, -0.25) is 9.79 Å². The summed E-state index contributed by atoms with van der Waals surface area (Å²) in [6, 6.07) is 6.03. The monoisotopic (exact) mass is 469 g/mol. The van der Waals surface area contributed by atoms with E-state index < -0.39 is 37.0 Å². The number of aryl methyl sites for hydroxylation is 1.